The van der Waals surface area contributed by atoms with Crippen molar-refractivity contribution in [2.45, 2.75) is 51.9 Å². The molecule has 1 aromatic rings. The van der Waals surface area contributed by atoms with E-state index in [1.807, 2.05) is 30.9 Å². The highest BCUT2D eigenvalue weighted by molar-refractivity contribution is 7.87. The van der Waals surface area contributed by atoms with E-state index in [1.165, 1.54) is 10.7 Å². The minimum atomic E-state index is -3.56. The molecule has 0 aromatic heterocycles. The fourth-order valence-electron chi connectivity index (χ4n) is 3.64. The first kappa shape index (κ1) is 20.3. The minimum absolute atomic E-state index is 0.0538. The Kier molecular flexibility index (Phi) is 6.52. The first-order valence-corrected chi connectivity index (χ1v) is 11.1. The Hall–Kier alpha value is -1.48. The van der Waals surface area contributed by atoms with Gasteiger partial charge < -0.3 is 9.64 Å². The van der Waals surface area contributed by atoms with Gasteiger partial charge in [0.15, 0.2) is 0 Å². The number of carbonyl (C=O) groups excluding carboxylic acids is 1. The highest BCUT2D eigenvalue weighted by Gasteiger charge is 2.30. The second kappa shape index (κ2) is 8.68. The van der Waals surface area contributed by atoms with Gasteiger partial charge in [-0.2, -0.15) is 17.4 Å². The van der Waals surface area contributed by atoms with Crippen molar-refractivity contribution >= 4 is 16.1 Å². The fraction of sp³-hybridized carbons (Fsp3) is 0.632. The van der Waals surface area contributed by atoms with Crippen LogP contribution < -0.4 is 4.72 Å². The Morgan fingerprint density at radius 2 is 1.67 bits per heavy atom. The molecular formula is C19H29N3O4S. The average molecular weight is 396 g/mol. The molecule has 0 bridgehead atoms. The maximum absolute atomic E-state index is 12.5. The number of rotatable bonds is 5. The van der Waals surface area contributed by atoms with Gasteiger partial charge in [-0.1, -0.05) is 12.1 Å². The van der Waals surface area contributed by atoms with Crippen LogP contribution in [0.3, 0.4) is 0 Å². The van der Waals surface area contributed by atoms with Gasteiger partial charge in [-0.05, 0) is 50.8 Å². The summed E-state index contributed by atoms with van der Waals surface area (Å²) in [4.78, 5) is 14.4. The number of nitrogens with one attached hydrogen (secondary N) is 1. The predicted octanol–water partition coefficient (Wildman–Crippen LogP) is 1.76. The molecule has 1 amide bonds. The van der Waals surface area contributed by atoms with E-state index >= 15 is 0 Å². The second-order valence-corrected chi connectivity index (χ2v) is 9.21. The molecule has 2 fully saturated rings. The molecule has 1 N–H and O–H groups in total. The van der Waals surface area contributed by atoms with E-state index in [9.17, 15) is 13.2 Å². The Labute approximate surface area is 161 Å². The number of ether oxygens (including phenoxy) is 1. The summed E-state index contributed by atoms with van der Waals surface area (Å²) in [5, 5.41) is 0. The molecule has 150 valence electrons. The second-order valence-electron chi connectivity index (χ2n) is 7.45. The van der Waals surface area contributed by atoms with E-state index in [1.54, 1.807) is 12.1 Å². The minimum Gasteiger partial charge on any atom is -0.373 e. The molecule has 2 aliphatic heterocycles. The van der Waals surface area contributed by atoms with Crippen LogP contribution in [0.15, 0.2) is 24.3 Å². The van der Waals surface area contributed by atoms with Crippen molar-refractivity contribution in [3.63, 3.8) is 0 Å². The van der Waals surface area contributed by atoms with Crippen LogP contribution in [0, 0.1) is 0 Å². The molecule has 0 unspecified atom stereocenters. The number of amides is 1. The Morgan fingerprint density at radius 3 is 2.26 bits per heavy atom. The lowest BCUT2D eigenvalue weighted by molar-refractivity contribution is -0.0444. The molecule has 1 aromatic carbocycles. The Morgan fingerprint density at radius 1 is 1.07 bits per heavy atom. The van der Waals surface area contributed by atoms with Gasteiger partial charge in [0.2, 0.25) is 0 Å². The van der Waals surface area contributed by atoms with Crippen LogP contribution >= 0.6 is 0 Å². The highest BCUT2D eigenvalue weighted by atomic mass is 32.2. The number of benzene rings is 1. The molecule has 2 aliphatic rings. The average Bonchev–Trinajstić information content (AvgIpc) is 2.66. The van der Waals surface area contributed by atoms with E-state index in [2.05, 4.69) is 4.72 Å². The summed E-state index contributed by atoms with van der Waals surface area (Å²) in [6.45, 7) is 6.27. The van der Waals surface area contributed by atoms with Gasteiger partial charge in [0, 0.05) is 38.3 Å². The number of hydrogen-bond acceptors (Lipinski definition) is 4. The van der Waals surface area contributed by atoms with Gasteiger partial charge in [0.25, 0.3) is 16.1 Å². The van der Waals surface area contributed by atoms with Gasteiger partial charge in [0.05, 0.1) is 12.2 Å². The summed E-state index contributed by atoms with van der Waals surface area (Å²) in [6.07, 6.45) is 3.06. The van der Waals surface area contributed by atoms with Gasteiger partial charge in [-0.25, -0.2) is 0 Å². The monoisotopic (exact) mass is 395 g/mol. The van der Waals surface area contributed by atoms with Crippen molar-refractivity contribution in [3.05, 3.63) is 35.4 Å². The lowest BCUT2D eigenvalue weighted by atomic mass is 10.1. The lowest BCUT2D eigenvalue weighted by Crippen LogP contribution is -2.51. The molecule has 0 aliphatic carbocycles. The van der Waals surface area contributed by atoms with Crippen molar-refractivity contribution < 1.29 is 17.9 Å². The maximum Gasteiger partial charge on any atom is 0.279 e. The molecule has 7 nitrogen and oxygen atoms in total. The molecule has 3 rings (SSSR count). The van der Waals surface area contributed by atoms with Gasteiger partial charge in [-0.3, -0.25) is 4.79 Å². The summed E-state index contributed by atoms with van der Waals surface area (Å²) < 4.78 is 34.7. The Balaban J connectivity index is 1.57. The maximum atomic E-state index is 12.5. The zero-order valence-electron chi connectivity index (χ0n) is 16.1. The van der Waals surface area contributed by atoms with E-state index < -0.39 is 10.2 Å². The summed E-state index contributed by atoms with van der Waals surface area (Å²) in [5.74, 6) is 0.0538. The summed E-state index contributed by atoms with van der Waals surface area (Å²) in [5.41, 5.74) is 1.47. The molecule has 27 heavy (non-hydrogen) atoms. The van der Waals surface area contributed by atoms with Gasteiger partial charge in [-0.15, -0.1) is 0 Å². The molecule has 0 radical (unpaired) electrons. The van der Waals surface area contributed by atoms with Crippen molar-refractivity contribution in [3.8, 4) is 0 Å². The zero-order chi connectivity index (χ0) is 19.4. The molecule has 8 heteroatoms. The normalized spacial score (nSPS) is 24.7. The quantitative estimate of drug-likeness (QED) is 0.824. The number of carbonyl (C=O) groups is 1. The predicted molar refractivity (Wildman–Crippen MR) is 104 cm³/mol. The first-order valence-electron chi connectivity index (χ1n) is 9.63. The third kappa shape index (κ3) is 5.28. The number of morpholine rings is 1. The van der Waals surface area contributed by atoms with Crippen LogP contribution in [-0.2, 0) is 21.5 Å². The van der Waals surface area contributed by atoms with Crippen molar-refractivity contribution in [1.29, 1.82) is 0 Å². The zero-order valence-corrected chi connectivity index (χ0v) is 16.9. The van der Waals surface area contributed by atoms with Crippen molar-refractivity contribution in [2.24, 2.45) is 0 Å². The standard InChI is InChI=1S/C19H29N3O4S/c1-15-13-22(14-16(2)26-15)27(24,25)20-12-17-6-8-18(9-7-17)19(23)21-10-4-3-5-11-21/h6-9,15-16,20H,3-5,10-14H2,1-2H3/t15-,16+. The van der Waals surface area contributed by atoms with Crippen molar-refractivity contribution in [2.75, 3.05) is 26.2 Å². The van der Waals surface area contributed by atoms with Crippen LogP contribution in [0.25, 0.3) is 0 Å². The van der Waals surface area contributed by atoms with Crippen LogP contribution in [0.4, 0.5) is 0 Å². The number of nitrogens with zero attached hydrogens (tertiary/aromatic N) is 2. The molecule has 2 atom stereocenters. The topological polar surface area (TPSA) is 79.0 Å². The Bertz CT molecular complexity index is 735. The number of piperidine rings is 1. The van der Waals surface area contributed by atoms with Crippen LogP contribution in [0.2, 0.25) is 0 Å². The van der Waals surface area contributed by atoms with Crippen molar-refractivity contribution in [1.82, 2.24) is 13.9 Å². The molecule has 2 heterocycles. The van der Waals surface area contributed by atoms with Gasteiger partial charge >= 0.3 is 0 Å². The molecular weight excluding hydrogens is 366 g/mol. The molecule has 2 saturated heterocycles. The summed E-state index contributed by atoms with van der Waals surface area (Å²) in [7, 11) is -3.56. The number of hydrogen-bond donors (Lipinski definition) is 1. The third-order valence-electron chi connectivity index (χ3n) is 5.03. The third-order valence-corrected chi connectivity index (χ3v) is 6.52. The van der Waals surface area contributed by atoms with E-state index in [0.717, 1.165) is 31.5 Å². The number of likely N-dealkylation sites (tertiary alicyclic amines) is 1. The summed E-state index contributed by atoms with van der Waals surface area (Å²) >= 11 is 0. The van der Waals surface area contributed by atoms with E-state index in [4.69, 9.17) is 4.74 Å². The van der Waals surface area contributed by atoms with Crippen LogP contribution in [0.5, 0.6) is 0 Å². The van der Waals surface area contributed by atoms with Crippen LogP contribution in [0.1, 0.15) is 49.0 Å². The van der Waals surface area contributed by atoms with Crippen LogP contribution in [-0.4, -0.2) is 61.9 Å². The highest BCUT2D eigenvalue weighted by Crippen LogP contribution is 2.16. The fourth-order valence-corrected chi connectivity index (χ4v) is 4.98. The summed E-state index contributed by atoms with van der Waals surface area (Å²) in [6, 6.07) is 7.17. The van der Waals surface area contributed by atoms with Gasteiger partial charge in [0.1, 0.15) is 0 Å². The van der Waals surface area contributed by atoms with E-state index in [-0.39, 0.29) is 24.7 Å². The molecule has 0 saturated carbocycles. The molecule has 0 spiro atoms. The smallest absolute Gasteiger partial charge is 0.279 e. The first-order chi connectivity index (χ1) is 12.8. The SMILES string of the molecule is C[C@@H]1CN(S(=O)(=O)NCc2ccc(C(=O)N3CCCCC3)cc2)C[C@H](C)O1. The van der Waals surface area contributed by atoms with E-state index in [0.29, 0.717) is 18.7 Å². The largest absolute Gasteiger partial charge is 0.373 e. The lowest BCUT2D eigenvalue weighted by Gasteiger charge is -2.34.